The van der Waals surface area contributed by atoms with Gasteiger partial charge in [-0.25, -0.2) is 4.79 Å². The molecule has 7 rings (SSSR count). The van der Waals surface area contributed by atoms with Crippen LogP contribution in [0.25, 0.3) is 11.1 Å². The molecule has 11 heteroatoms. The number of carbonyl (C=O) groups excluding carboxylic acids is 3. The minimum Gasteiger partial charge on any atom is -0.497 e. The molecule has 0 aromatic heterocycles. The molecule has 0 saturated carbocycles. The Morgan fingerprint density at radius 3 is 1.83 bits per heavy atom. The Morgan fingerprint density at radius 1 is 0.730 bits per heavy atom. The first-order valence-corrected chi connectivity index (χ1v) is 21.2. The predicted octanol–water partition coefficient (Wildman–Crippen LogP) is 8.72. The van der Waals surface area contributed by atoms with Crippen molar-refractivity contribution in [3.8, 4) is 28.4 Å². The Bertz CT molecular complexity index is 2430. The summed E-state index contributed by atoms with van der Waals surface area (Å²) in [5, 5.41) is 1.23. The lowest BCUT2D eigenvalue weighted by Crippen LogP contribution is -2.56. The lowest BCUT2D eigenvalue weighted by Gasteiger charge is -2.36. The number of methoxy groups -OCH3 is 2. The molecule has 63 heavy (non-hydrogen) atoms. The minimum atomic E-state index is -1.86. The maximum Gasteiger partial charge on any atom is 0.335 e. The molecular formula is C52H54N4O7. The number of nitrogens with one attached hydrogen (secondary N) is 1. The highest BCUT2D eigenvalue weighted by Gasteiger charge is 2.44. The second kappa shape index (κ2) is 19.8. The molecule has 6 aromatic carbocycles. The molecule has 0 bridgehead atoms. The van der Waals surface area contributed by atoms with Crippen LogP contribution in [-0.2, 0) is 24.7 Å². The molecule has 2 amide bonds. The number of likely N-dealkylation sites (N-methyl/N-ethyl adjacent to an activating group) is 1. The Hall–Kier alpha value is -6.95. The van der Waals surface area contributed by atoms with Crippen molar-refractivity contribution < 1.29 is 33.4 Å². The van der Waals surface area contributed by atoms with Gasteiger partial charge in [0.1, 0.15) is 29.9 Å². The standard InChI is InChI=1S/C52H54N4O7/c1-6-7-26-47(50(58)55(3)49(36-18-10-8-11-19-36)37-20-12-9-13-21-37)56(54-35(2)57)63-39-29-27-38(28-30-39)52(53,46-32-31-40(60-4)33-48(46)61-5)51(59)62-34-45-43-24-16-14-22-41(43)42-23-15-17-25-44(42)45/h8-25,27-33,45,47,49H,6-7,26,34,53H2,1-5H3,(H,54,57)/t47-,52?/m0/s1. The van der Waals surface area contributed by atoms with Crippen molar-refractivity contribution in [3.63, 3.8) is 0 Å². The second-order valence-corrected chi connectivity index (χ2v) is 15.6. The average molecular weight is 847 g/mol. The van der Waals surface area contributed by atoms with Gasteiger partial charge in [0.15, 0.2) is 5.54 Å². The van der Waals surface area contributed by atoms with Crippen molar-refractivity contribution in [2.45, 2.75) is 56.7 Å². The summed E-state index contributed by atoms with van der Waals surface area (Å²) in [5.41, 5.74) is 15.1. The van der Waals surface area contributed by atoms with Crippen LogP contribution in [0.4, 0.5) is 0 Å². The van der Waals surface area contributed by atoms with Crippen molar-refractivity contribution in [3.05, 3.63) is 185 Å². The van der Waals surface area contributed by atoms with Gasteiger partial charge in [0.05, 0.1) is 20.3 Å². The number of hydroxylamine groups is 1. The van der Waals surface area contributed by atoms with E-state index in [2.05, 4.69) is 29.7 Å². The SMILES string of the molecule is CCCC[C@@H](C(=O)N(C)C(c1ccccc1)c1ccccc1)N(NC(C)=O)Oc1ccc(C(N)(C(=O)OCC2c3ccccc3-c3ccccc32)c2ccc(OC)cc2OC)cc1. The molecule has 0 heterocycles. The van der Waals surface area contributed by atoms with E-state index in [1.165, 1.54) is 19.2 Å². The summed E-state index contributed by atoms with van der Waals surface area (Å²) in [6, 6.07) is 46.3. The summed E-state index contributed by atoms with van der Waals surface area (Å²) in [5.74, 6) is -0.442. The van der Waals surface area contributed by atoms with Crippen LogP contribution in [0, 0.1) is 0 Å². The molecule has 324 valence electrons. The van der Waals surface area contributed by atoms with Gasteiger partial charge in [-0.15, -0.1) is 0 Å². The second-order valence-electron chi connectivity index (χ2n) is 15.6. The fourth-order valence-corrected chi connectivity index (χ4v) is 8.44. The van der Waals surface area contributed by atoms with Crippen LogP contribution in [0.1, 0.15) is 78.5 Å². The van der Waals surface area contributed by atoms with E-state index in [1.54, 1.807) is 61.5 Å². The molecule has 2 atom stereocenters. The Balaban J connectivity index is 1.20. The number of hydrogen-bond acceptors (Lipinski definition) is 9. The van der Waals surface area contributed by atoms with Gasteiger partial charge in [0.25, 0.3) is 0 Å². The molecule has 0 aliphatic heterocycles. The smallest absolute Gasteiger partial charge is 0.335 e. The number of nitrogens with two attached hydrogens (primary N) is 1. The molecule has 11 nitrogen and oxygen atoms in total. The number of hydrogen-bond donors (Lipinski definition) is 2. The van der Waals surface area contributed by atoms with Gasteiger partial charge in [-0.3, -0.25) is 15.0 Å². The lowest BCUT2D eigenvalue weighted by molar-refractivity contribution is -0.176. The number of ether oxygens (including phenoxy) is 3. The summed E-state index contributed by atoms with van der Waals surface area (Å²) < 4.78 is 17.5. The van der Waals surface area contributed by atoms with Gasteiger partial charge in [0.2, 0.25) is 11.8 Å². The van der Waals surface area contributed by atoms with Crippen LogP contribution in [0.2, 0.25) is 0 Å². The Kier molecular flexibility index (Phi) is 13.9. The number of hydrazine groups is 1. The zero-order valence-electron chi connectivity index (χ0n) is 36.3. The Morgan fingerprint density at radius 2 is 1.29 bits per heavy atom. The highest BCUT2D eigenvalue weighted by atomic mass is 16.7. The van der Waals surface area contributed by atoms with Crippen molar-refractivity contribution >= 4 is 17.8 Å². The molecule has 6 aromatic rings. The largest absolute Gasteiger partial charge is 0.497 e. The highest BCUT2D eigenvalue weighted by Crippen LogP contribution is 2.45. The Labute approximate surface area is 369 Å². The van der Waals surface area contributed by atoms with Crippen LogP contribution in [-0.4, -0.2) is 61.8 Å². The summed E-state index contributed by atoms with van der Waals surface area (Å²) in [6.45, 7) is 3.45. The molecule has 0 radical (unpaired) electrons. The summed E-state index contributed by atoms with van der Waals surface area (Å²) >= 11 is 0. The number of unbranched alkanes of at least 4 members (excludes halogenated alkanes) is 1. The minimum absolute atomic E-state index is 0.0498. The quantitative estimate of drug-likeness (QED) is 0.0644. The van der Waals surface area contributed by atoms with Crippen LogP contribution in [0.5, 0.6) is 17.2 Å². The van der Waals surface area contributed by atoms with Crippen molar-refractivity contribution in [1.29, 1.82) is 0 Å². The van der Waals surface area contributed by atoms with Crippen LogP contribution < -0.4 is 25.5 Å². The van der Waals surface area contributed by atoms with E-state index >= 15 is 0 Å². The first-order valence-electron chi connectivity index (χ1n) is 21.2. The first kappa shape index (κ1) is 44.1. The molecule has 3 N–H and O–H groups in total. The maximum atomic E-state index is 14.7. The lowest BCUT2D eigenvalue weighted by atomic mass is 9.83. The summed E-state index contributed by atoms with van der Waals surface area (Å²) in [4.78, 5) is 50.3. The molecule has 0 fully saturated rings. The summed E-state index contributed by atoms with van der Waals surface area (Å²) in [6.07, 6.45) is 1.88. The van der Waals surface area contributed by atoms with E-state index in [1.807, 2.05) is 91.9 Å². The van der Waals surface area contributed by atoms with Crippen molar-refractivity contribution in [2.24, 2.45) is 5.73 Å². The number of esters is 1. The van der Waals surface area contributed by atoms with Gasteiger partial charge in [-0.1, -0.05) is 141 Å². The van der Waals surface area contributed by atoms with Crippen LogP contribution in [0.15, 0.2) is 152 Å². The van der Waals surface area contributed by atoms with Crippen molar-refractivity contribution in [2.75, 3.05) is 27.9 Å². The van der Waals surface area contributed by atoms with Gasteiger partial charge >= 0.3 is 5.97 Å². The number of benzene rings is 6. The van der Waals surface area contributed by atoms with Gasteiger partial charge in [-0.2, -0.15) is 0 Å². The van der Waals surface area contributed by atoms with E-state index in [-0.39, 0.29) is 24.2 Å². The maximum absolute atomic E-state index is 14.7. The number of fused-ring (bicyclic) bond motifs is 3. The van der Waals surface area contributed by atoms with Crippen molar-refractivity contribution in [1.82, 2.24) is 15.5 Å². The van der Waals surface area contributed by atoms with Crippen LogP contribution in [0.3, 0.4) is 0 Å². The molecule has 1 aliphatic carbocycles. The van der Waals surface area contributed by atoms with E-state index in [0.29, 0.717) is 35.5 Å². The molecule has 1 aliphatic rings. The molecule has 0 saturated heterocycles. The third-order valence-corrected chi connectivity index (χ3v) is 11.6. The van der Waals surface area contributed by atoms with Gasteiger partial charge in [-0.05, 0) is 74.8 Å². The highest BCUT2D eigenvalue weighted by molar-refractivity contribution is 5.88. The molecule has 0 spiro atoms. The van der Waals surface area contributed by atoms with E-state index < -0.39 is 29.5 Å². The number of carbonyl (C=O) groups is 3. The van der Waals surface area contributed by atoms with E-state index in [0.717, 1.165) is 39.8 Å². The van der Waals surface area contributed by atoms with E-state index in [4.69, 9.17) is 24.8 Å². The fraction of sp³-hybridized carbons (Fsp3) is 0.250. The number of nitrogens with zero attached hydrogens (tertiary/aromatic N) is 2. The third kappa shape index (κ3) is 9.30. The molecule has 1 unspecified atom stereocenters. The summed E-state index contributed by atoms with van der Waals surface area (Å²) in [7, 11) is 4.81. The zero-order chi connectivity index (χ0) is 44.5. The monoisotopic (exact) mass is 846 g/mol. The normalized spacial score (nSPS) is 13.3. The average Bonchev–Trinajstić information content (AvgIpc) is 3.64. The topological polar surface area (TPSA) is 133 Å². The fourth-order valence-electron chi connectivity index (χ4n) is 8.44. The van der Waals surface area contributed by atoms with Crippen LogP contribution >= 0.6 is 0 Å². The van der Waals surface area contributed by atoms with E-state index in [9.17, 15) is 14.4 Å². The first-order chi connectivity index (χ1) is 30.6. The molecular weight excluding hydrogens is 793 g/mol. The van der Waals surface area contributed by atoms with Gasteiger partial charge < -0.3 is 29.7 Å². The number of rotatable bonds is 18. The third-order valence-electron chi connectivity index (χ3n) is 11.6. The zero-order valence-corrected chi connectivity index (χ0v) is 36.3. The number of amides is 2. The van der Waals surface area contributed by atoms with Gasteiger partial charge in [0, 0.05) is 31.5 Å². The predicted molar refractivity (Wildman–Crippen MR) is 243 cm³/mol.